The topological polar surface area (TPSA) is 62.1 Å². The third-order valence-corrected chi connectivity index (χ3v) is 4.28. The van der Waals surface area contributed by atoms with Crippen LogP contribution in [0.5, 0.6) is 0 Å². The molecule has 5 heteroatoms. The molecule has 1 unspecified atom stereocenters. The summed E-state index contributed by atoms with van der Waals surface area (Å²) in [5, 5.41) is 11.1. The Labute approximate surface area is 79.7 Å². The molecule has 1 atom stereocenters. The zero-order valence-corrected chi connectivity index (χ0v) is 9.14. The summed E-state index contributed by atoms with van der Waals surface area (Å²) >= 11 is 0. The molecule has 0 aliphatic rings. The lowest BCUT2D eigenvalue weighted by Gasteiger charge is -2.15. The van der Waals surface area contributed by atoms with Crippen molar-refractivity contribution in [3.8, 4) is 6.07 Å². The molecule has 0 saturated carbocycles. The van der Waals surface area contributed by atoms with Crippen molar-refractivity contribution < 1.29 is 9.09 Å². The quantitative estimate of drug-likeness (QED) is 0.387. The minimum Gasteiger partial charge on any atom is -0.329 e. The second-order valence-electron chi connectivity index (χ2n) is 2.61. The Hall–Kier alpha value is -0.360. The zero-order chi connectivity index (χ0) is 10.2. The van der Waals surface area contributed by atoms with Crippen LogP contribution in [0, 0.1) is 11.3 Å². The maximum atomic E-state index is 11.8. The van der Waals surface area contributed by atoms with Crippen molar-refractivity contribution in [2.45, 2.75) is 13.8 Å². The van der Waals surface area contributed by atoms with Crippen molar-refractivity contribution in [3.63, 3.8) is 0 Å². The zero-order valence-electron chi connectivity index (χ0n) is 8.25. The van der Waals surface area contributed by atoms with Gasteiger partial charge in [-0.1, -0.05) is 6.92 Å². The molecule has 0 aromatic carbocycles. The van der Waals surface area contributed by atoms with E-state index in [-0.39, 0.29) is 0 Å². The molecule has 0 bridgehead atoms. The smallest absolute Gasteiger partial charge is 0.204 e. The second-order valence-corrected chi connectivity index (χ2v) is 5.57. The van der Waals surface area contributed by atoms with Gasteiger partial charge >= 0.3 is 0 Å². The van der Waals surface area contributed by atoms with Crippen molar-refractivity contribution in [3.05, 3.63) is 0 Å². The summed E-state index contributed by atoms with van der Waals surface area (Å²) < 4.78 is 17.0. The van der Waals surface area contributed by atoms with E-state index >= 15 is 0 Å². The lowest BCUT2D eigenvalue weighted by molar-refractivity contribution is 0.333. The van der Waals surface area contributed by atoms with E-state index in [0.29, 0.717) is 32.0 Å². The van der Waals surface area contributed by atoms with Crippen molar-refractivity contribution in [2.75, 3.05) is 32.0 Å². The van der Waals surface area contributed by atoms with E-state index in [1.807, 2.05) is 19.9 Å². The average molecular weight is 204 g/mol. The first-order chi connectivity index (χ1) is 6.18. The predicted molar refractivity (Wildman–Crippen MR) is 53.1 cm³/mol. The van der Waals surface area contributed by atoms with Crippen LogP contribution in [0.2, 0.25) is 0 Å². The van der Waals surface area contributed by atoms with Crippen molar-refractivity contribution in [1.82, 2.24) is 5.32 Å². The van der Waals surface area contributed by atoms with Gasteiger partial charge in [-0.25, -0.2) is 0 Å². The fourth-order valence-electron chi connectivity index (χ4n) is 0.943. The Morgan fingerprint density at radius 3 is 2.69 bits per heavy atom. The highest BCUT2D eigenvalue weighted by atomic mass is 31.2. The fourth-order valence-corrected chi connectivity index (χ4v) is 2.54. The number of nitrogens with zero attached hydrogens (tertiary/aromatic N) is 1. The molecular formula is C8H17N2O2P. The molecule has 0 heterocycles. The molecule has 0 amide bonds. The van der Waals surface area contributed by atoms with Crippen LogP contribution >= 0.6 is 7.37 Å². The van der Waals surface area contributed by atoms with Gasteiger partial charge in [0.15, 0.2) is 0 Å². The SMILES string of the molecule is CCOP(=O)(CC)CCNCC#N. The summed E-state index contributed by atoms with van der Waals surface area (Å²) in [5.74, 6) is 0. The first-order valence-corrected chi connectivity index (χ1v) is 6.48. The normalized spacial score (nSPS) is 14.8. The van der Waals surface area contributed by atoms with Crippen molar-refractivity contribution in [2.24, 2.45) is 0 Å². The summed E-state index contributed by atoms with van der Waals surface area (Å²) in [5.41, 5.74) is 0. The maximum absolute atomic E-state index is 11.8. The highest BCUT2D eigenvalue weighted by molar-refractivity contribution is 7.58. The molecule has 0 aromatic rings. The van der Waals surface area contributed by atoms with Crippen molar-refractivity contribution in [1.29, 1.82) is 5.26 Å². The Morgan fingerprint density at radius 2 is 2.23 bits per heavy atom. The molecule has 0 fully saturated rings. The van der Waals surface area contributed by atoms with Gasteiger partial charge in [-0.05, 0) is 6.92 Å². The number of nitriles is 1. The van der Waals surface area contributed by atoms with Crippen LogP contribution < -0.4 is 5.32 Å². The summed E-state index contributed by atoms with van der Waals surface area (Å²) in [7, 11) is -2.41. The predicted octanol–water partition coefficient (Wildman–Crippen LogP) is 1.43. The van der Waals surface area contributed by atoms with Crippen LogP contribution in [0.25, 0.3) is 0 Å². The highest BCUT2D eigenvalue weighted by Crippen LogP contribution is 2.45. The number of rotatable bonds is 7. The number of hydrogen-bond acceptors (Lipinski definition) is 4. The van der Waals surface area contributed by atoms with E-state index in [1.165, 1.54) is 0 Å². The van der Waals surface area contributed by atoms with E-state index in [1.54, 1.807) is 0 Å². The van der Waals surface area contributed by atoms with Crippen LogP contribution in [0.4, 0.5) is 0 Å². The van der Waals surface area contributed by atoms with E-state index < -0.39 is 7.37 Å². The molecule has 76 valence electrons. The summed E-state index contributed by atoms with van der Waals surface area (Å²) in [4.78, 5) is 0. The van der Waals surface area contributed by atoms with Gasteiger partial charge in [0.05, 0.1) is 19.2 Å². The summed E-state index contributed by atoms with van der Waals surface area (Å²) in [6, 6.07) is 1.96. The minimum absolute atomic E-state index is 0.301. The van der Waals surface area contributed by atoms with Crippen LogP contribution in [0.15, 0.2) is 0 Å². The van der Waals surface area contributed by atoms with Gasteiger partial charge in [0.1, 0.15) is 0 Å². The molecule has 13 heavy (non-hydrogen) atoms. The average Bonchev–Trinajstić information content (AvgIpc) is 2.13. The van der Waals surface area contributed by atoms with Gasteiger partial charge in [-0.3, -0.25) is 4.57 Å². The minimum atomic E-state index is -2.41. The number of hydrogen-bond donors (Lipinski definition) is 1. The molecule has 0 rings (SSSR count). The standard InChI is InChI=1S/C8H17N2O2P/c1-3-12-13(11,4-2)8-7-10-6-5-9/h10H,3-4,6-8H2,1-2H3. The lowest BCUT2D eigenvalue weighted by Crippen LogP contribution is -2.19. The summed E-state index contributed by atoms with van der Waals surface area (Å²) in [6.45, 7) is 5.07. The first kappa shape index (κ1) is 12.6. The first-order valence-electron chi connectivity index (χ1n) is 4.48. The molecule has 0 spiro atoms. The molecule has 0 aromatic heterocycles. The van der Waals surface area contributed by atoms with Crippen LogP contribution in [-0.2, 0) is 9.09 Å². The van der Waals surface area contributed by atoms with Crippen molar-refractivity contribution >= 4 is 7.37 Å². The third kappa shape index (κ3) is 5.81. The maximum Gasteiger partial charge on any atom is 0.204 e. The largest absolute Gasteiger partial charge is 0.329 e. The molecule has 1 N–H and O–H groups in total. The van der Waals surface area contributed by atoms with E-state index in [2.05, 4.69) is 5.32 Å². The lowest BCUT2D eigenvalue weighted by atomic mass is 10.6. The van der Waals surface area contributed by atoms with Gasteiger partial charge in [-0.2, -0.15) is 5.26 Å². The Bertz CT molecular complexity index is 213. The number of nitrogens with one attached hydrogen (secondary N) is 1. The van der Waals surface area contributed by atoms with Gasteiger partial charge in [0.2, 0.25) is 7.37 Å². The Morgan fingerprint density at radius 1 is 1.54 bits per heavy atom. The molecule has 0 radical (unpaired) electrons. The molecule has 4 nitrogen and oxygen atoms in total. The van der Waals surface area contributed by atoms with E-state index in [0.717, 1.165) is 0 Å². The van der Waals surface area contributed by atoms with E-state index in [4.69, 9.17) is 9.79 Å². The van der Waals surface area contributed by atoms with E-state index in [9.17, 15) is 4.57 Å². The van der Waals surface area contributed by atoms with Crippen LogP contribution in [0.3, 0.4) is 0 Å². The van der Waals surface area contributed by atoms with Gasteiger partial charge in [0.25, 0.3) is 0 Å². The van der Waals surface area contributed by atoms with Gasteiger partial charge < -0.3 is 9.84 Å². The Balaban J connectivity index is 3.72. The van der Waals surface area contributed by atoms with Gasteiger partial charge in [-0.15, -0.1) is 0 Å². The molecular weight excluding hydrogens is 187 g/mol. The molecule has 0 aliphatic heterocycles. The second kappa shape index (κ2) is 7.08. The third-order valence-electron chi connectivity index (χ3n) is 1.68. The molecule has 0 aliphatic carbocycles. The Kier molecular flexibility index (Phi) is 6.89. The van der Waals surface area contributed by atoms with Gasteiger partial charge in [0, 0.05) is 18.9 Å². The highest BCUT2D eigenvalue weighted by Gasteiger charge is 2.18. The van der Waals surface area contributed by atoms with Crippen LogP contribution in [-0.4, -0.2) is 32.0 Å². The van der Waals surface area contributed by atoms with Crippen LogP contribution in [0.1, 0.15) is 13.8 Å². The fraction of sp³-hybridized carbons (Fsp3) is 0.875. The summed E-state index contributed by atoms with van der Waals surface area (Å²) in [6.07, 6.45) is 1.08. The monoisotopic (exact) mass is 204 g/mol. The molecule has 0 saturated heterocycles.